The van der Waals surface area contributed by atoms with E-state index in [1.165, 1.54) is 51.4 Å². The molecule has 0 aliphatic rings. The molecule has 0 rings (SSSR count). The van der Waals surface area contributed by atoms with Crippen molar-refractivity contribution in [3.05, 3.63) is 12.2 Å². The first kappa shape index (κ1) is 30.1. The van der Waals surface area contributed by atoms with Crippen molar-refractivity contribution in [3.8, 4) is 0 Å². The molecule has 0 saturated heterocycles. The Morgan fingerprint density at radius 1 is 0.562 bits per heavy atom. The molecule has 186 valence electrons. The number of hydrogen-bond donors (Lipinski definition) is 3. The van der Waals surface area contributed by atoms with Gasteiger partial charge in [0.2, 0.25) is 0 Å². The van der Waals surface area contributed by atoms with Crippen LogP contribution >= 0.6 is 0 Å². The van der Waals surface area contributed by atoms with Crippen LogP contribution in [0, 0.1) is 0 Å². The summed E-state index contributed by atoms with van der Waals surface area (Å²) >= 11 is 0. The molecule has 0 radical (unpaired) electrons. The van der Waals surface area contributed by atoms with Crippen molar-refractivity contribution in [2.45, 2.75) is 103 Å². The lowest BCUT2D eigenvalue weighted by atomic mass is 10.1. The molecule has 0 aromatic heterocycles. The number of nitrogens with zero attached hydrogens (tertiary/aromatic N) is 1. The first-order valence-electron chi connectivity index (χ1n) is 12.5. The van der Waals surface area contributed by atoms with Gasteiger partial charge in [-0.25, -0.2) is 0 Å². The molecular formula is C25H46NO6+. The summed E-state index contributed by atoms with van der Waals surface area (Å²) in [6.45, 7) is 3.65. The Morgan fingerprint density at radius 2 is 0.938 bits per heavy atom. The summed E-state index contributed by atoms with van der Waals surface area (Å²) in [4.78, 5) is 33.2. The summed E-state index contributed by atoms with van der Waals surface area (Å²) in [5, 5.41) is 27.2. The summed E-state index contributed by atoms with van der Waals surface area (Å²) in [7, 11) is 0. The summed E-state index contributed by atoms with van der Waals surface area (Å²) in [6, 6.07) is 0. The second kappa shape index (κ2) is 19.8. The van der Waals surface area contributed by atoms with E-state index in [0.29, 0.717) is 6.54 Å². The van der Waals surface area contributed by atoms with Gasteiger partial charge < -0.3 is 19.8 Å². The molecule has 0 fully saturated rings. The fraction of sp³-hybridized carbons (Fsp3) is 0.800. The highest BCUT2D eigenvalue weighted by Crippen LogP contribution is 2.16. The van der Waals surface area contributed by atoms with Crippen molar-refractivity contribution in [2.24, 2.45) is 0 Å². The van der Waals surface area contributed by atoms with Crippen molar-refractivity contribution in [1.82, 2.24) is 0 Å². The molecule has 0 amide bonds. The van der Waals surface area contributed by atoms with Crippen molar-refractivity contribution >= 4 is 17.9 Å². The van der Waals surface area contributed by atoms with Crippen LogP contribution in [0.3, 0.4) is 0 Å². The van der Waals surface area contributed by atoms with E-state index in [9.17, 15) is 14.4 Å². The summed E-state index contributed by atoms with van der Waals surface area (Å²) in [6.07, 6.45) is 18.5. The Hall–Kier alpha value is -1.89. The molecule has 0 aliphatic carbocycles. The Labute approximate surface area is 194 Å². The van der Waals surface area contributed by atoms with E-state index in [4.69, 9.17) is 15.3 Å². The highest BCUT2D eigenvalue weighted by Gasteiger charge is 2.29. The molecular weight excluding hydrogens is 410 g/mol. The minimum Gasteiger partial charge on any atom is -0.481 e. The highest BCUT2D eigenvalue weighted by molar-refractivity contribution is 5.67. The minimum absolute atomic E-state index is 0.0856. The highest BCUT2D eigenvalue weighted by atomic mass is 16.4. The average molecular weight is 457 g/mol. The van der Waals surface area contributed by atoms with Crippen LogP contribution in [0.4, 0.5) is 0 Å². The zero-order chi connectivity index (χ0) is 24.1. The Bertz CT molecular complexity index is 501. The zero-order valence-corrected chi connectivity index (χ0v) is 20.1. The monoisotopic (exact) mass is 456 g/mol. The molecule has 0 aromatic carbocycles. The van der Waals surface area contributed by atoms with Crippen molar-refractivity contribution in [3.63, 3.8) is 0 Å². The van der Waals surface area contributed by atoms with Crippen LogP contribution in [-0.2, 0) is 14.4 Å². The second-order valence-electron chi connectivity index (χ2n) is 8.90. The van der Waals surface area contributed by atoms with Gasteiger partial charge in [-0.15, -0.1) is 0 Å². The zero-order valence-electron chi connectivity index (χ0n) is 20.1. The van der Waals surface area contributed by atoms with Gasteiger partial charge in [0.25, 0.3) is 0 Å². The van der Waals surface area contributed by atoms with E-state index < -0.39 is 17.9 Å². The number of aliphatic carboxylic acids is 3. The SMILES string of the molecule is CCCCCCCCCC/C=C/CCCC[N+](CCC(=O)O)(CCC(=O)O)CCC(=O)O. The molecule has 7 nitrogen and oxygen atoms in total. The number of rotatable bonds is 23. The van der Waals surface area contributed by atoms with Crippen molar-refractivity contribution < 1.29 is 34.2 Å². The van der Waals surface area contributed by atoms with Gasteiger partial charge in [0.05, 0.1) is 45.4 Å². The fourth-order valence-corrected chi connectivity index (χ4v) is 4.01. The molecule has 0 heterocycles. The predicted octanol–water partition coefficient (Wildman–Crippen LogP) is 5.48. The molecule has 0 aromatic rings. The fourth-order valence-electron chi connectivity index (χ4n) is 4.01. The molecule has 32 heavy (non-hydrogen) atoms. The van der Waals surface area contributed by atoms with E-state index in [2.05, 4.69) is 19.1 Å². The van der Waals surface area contributed by atoms with Crippen LogP contribution in [-0.4, -0.2) is 63.9 Å². The van der Waals surface area contributed by atoms with Crippen LogP contribution in [0.25, 0.3) is 0 Å². The number of unbranched alkanes of at least 4 members (excludes halogenated alkanes) is 10. The van der Waals surface area contributed by atoms with Gasteiger partial charge in [-0.05, 0) is 32.1 Å². The standard InChI is InChI=1S/C25H45NO6/c1-2-3-4-5-6-7-8-9-10-11-12-13-14-15-19-26(20-16-23(27)28,21-17-24(29)30)22-18-25(31)32/h11-12H,2-10,13-22H2,1H3,(H2-,27,28,29,30,31,32)/p+1/b12-11+. The molecule has 0 bridgehead atoms. The van der Waals surface area contributed by atoms with Gasteiger partial charge >= 0.3 is 17.9 Å². The third-order valence-electron chi connectivity index (χ3n) is 6.04. The van der Waals surface area contributed by atoms with Gasteiger partial charge in [0, 0.05) is 0 Å². The van der Waals surface area contributed by atoms with Gasteiger partial charge in [0.15, 0.2) is 0 Å². The maximum Gasteiger partial charge on any atom is 0.309 e. The number of carbonyl (C=O) groups is 3. The number of quaternary nitrogens is 1. The normalized spacial score (nSPS) is 11.8. The van der Waals surface area contributed by atoms with Crippen LogP contribution in [0.1, 0.15) is 103 Å². The second-order valence-corrected chi connectivity index (χ2v) is 8.90. The largest absolute Gasteiger partial charge is 0.481 e. The van der Waals surface area contributed by atoms with Gasteiger partial charge in [-0.3, -0.25) is 14.4 Å². The van der Waals surface area contributed by atoms with Crippen molar-refractivity contribution in [1.29, 1.82) is 0 Å². The third kappa shape index (κ3) is 18.8. The molecule has 3 N–H and O–H groups in total. The number of carboxylic acids is 3. The first-order valence-corrected chi connectivity index (χ1v) is 12.5. The summed E-state index contributed by atoms with van der Waals surface area (Å²) in [5.74, 6) is -2.83. The first-order chi connectivity index (χ1) is 15.3. The lowest BCUT2D eigenvalue weighted by molar-refractivity contribution is -0.927. The van der Waals surface area contributed by atoms with E-state index in [1.54, 1.807) is 0 Å². The number of carboxylic acid groups (broad SMARTS) is 3. The molecule has 0 saturated carbocycles. The van der Waals surface area contributed by atoms with Crippen LogP contribution in [0.5, 0.6) is 0 Å². The predicted molar refractivity (Wildman–Crippen MR) is 127 cm³/mol. The molecule has 0 atom stereocenters. The number of hydrogen-bond acceptors (Lipinski definition) is 3. The van der Waals surface area contributed by atoms with Crippen LogP contribution in [0.15, 0.2) is 12.2 Å². The molecule has 0 spiro atoms. The topological polar surface area (TPSA) is 112 Å². The number of allylic oxidation sites excluding steroid dienone is 2. The lowest BCUT2D eigenvalue weighted by Crippen LogP contribution is -2.52. The third-order valence-corrected chi connectivity index (χ3v) is 6.04. The van der Waals surface area contributed by atoms with E-state index >= 15 is 0 Å². The lowest BCUT2D eigenvalue weighted by Gasteiger charge is -2.38. The molecule has 0 aliphatic heterocycles. The maximum atomic E-state index is 11.1. The smallest absolute Gasteiger partial charge is 0.309 e. The Morgan fingerprint density at radius 3 is 1.34 bits per heavy atom. The van der Waals surface area contributed by atoms with Gasteiger partial charge in [0.1, 0.15) is 0 Å². The van der Waals surface area contributed by atoms with E-state index in [0.717, 1.165) is 25.7 Å². The quantitative estimate of drug-likeness (QED) is 0.107. The molecule has 0 unspecified atom stereocenters. The summed E-state index contributed by atoms with van der Waals surface area (Å²) in [5.41, 5.74) is 0. The average Bonchev–Trinajstić information content (AvgIpc) is 2.74. The molecule has 7 heteroatoms. The summed E-state index contributed by atoms with van der Waals surface area (Å²) < 4.78 is 0.243. The van der Waals surface area contributed by atoms with Gasteiger partial charge in [-0.1, -0.05) is 64.0 Å². The van der Waals surface area contributed by atoms with E-state index in [-0.39, 0.29) is 43.4 Å². The van der Waals surface area contributed by atoms with E-state index in [1.807, 2.05) is 0 Å². The van der Waals surface area contributed by atoms with Crippen molar-refractivity contribution in [2.75, 3.05) is 26.2 Å². The minimum atomic E-state index is -0.943. The Kier molecular flexibility index (Phi) is 18.6. The maximum absolute atomic E-state index is 11.1. The van der Waals surface area contributed by atoms with Gasteiger partial charge in [-0.2, -0.15) is 0 Å². The van der Waals surface area contributed by atoms with Crippen LogP contribution in [0.2, 0.25) is 0 Å². The Balaban J connectivity index is 4.28. The van der Waals surface area contributed by atoms with Crippen LogP contribution < -0.4 is 0 Å².